The van der Waals surface area contributed by atoms with Gasteiger partial charge in [0.2, 0.25) is 5.91 Å². The lowest BCUT2D eigenvalue weighted by Crippen LogP contribution is -2.19. The smallest absolute Gasteiger partial charge is 0.422 e. The predicted octanol–water partition coefficient (Wildman–Crippen LogP) is 5.08. The molecule has 2 aromatic rings. The summed E-state index contributed by atoms with van der Waals surface area (Å²) in [6, 6.07) is 11.4. The highest BCUT2D eigenvalue weighted by atomic mass is 19.4. The zero-order valence-corrected chi connectivity index (χ0v) is 14.4. The molecule has 0 bridgehead atoms. The third-order valence-corrected chi connectivity index (χ3v) is 3.42. The van der Waals surface area contributed by atoms with E-state index in [0.29, 0.717) is 6.08 Å². The molecule has 0 aromatic heterocycles. The minimum absolute atomic E-state index is 0.0863. The summed E-state index contributed by atoms with van der Waals surface area (Å²) in [5.74, 6) is -1.51. The van der Waals surface area contributed by atoms with Crippen LogP contribution in [0, 0.1) is 11.3 Å². The number of halogens is 6. The average Bonchev–Trinajstić information content (AvgIpc) is 2.64. The molecule has 0 heterocycles. The quantitative estimate of drug-likeness (QED) is 0.548. The van der Waals surface area contributed by atoms with Crippen molar-refractivity contribution >= 4 is 17.2 Å². The summed E-state index contributed by atoms with van der Waals surface area (Å²) in [4.78, 5) is 12.0. The first-order valence-electron chi connectivity index (χ1n) is 7.88. The summed E-state index contributed by atoms with van der Waals surface area (Å²) < 4.78 is 80.9. The molecule has 1 amide bonds. The maximum absolute atomic E-state index is 13.3. The van der Waals surface area contributed by atoms with Crippen molar-refractivity contribution in [3.05, 3.63) is 65.7 Å². The van der Waals surface area contributed by atoms with Crippen LogP contribution in [0.3, 0.4) is 0 Å². The Kier molecular flexibility index (Phi) is 6.53. The van der Waals surface area contributed by atoms with Crippen LogP contribution >= 0.6 is 0 Å². The van der Waals surface area contributed by atoms with Crippen LogP contribution in [-0.2, 0) is 4.79 Å². The van der Waals surface area contributed by atoms with Crippen molar-refractivity contribution in [1.82, 2.24) is 0 Å². The molecule has 0 fully saturated rings. The second-order valence-corrected chi connectivity index (χ2v) is 5.64. The van der Waals surface area contributed by atoms with Gasteiger partial charge in [-0.2, -0.15) is 31.6 Å². The zero-order valence-electron chi connectivity index (χ0n) is 14.4. The van der Waals surface area contributed by atoms with Gasteiger partial charge < -0.3 is 10.1 Å². The Labute approximate surface area is 161 Å². The van der Waals surface area contributed by atoms with E-state index in [1.54, 1.807) is 6.07 Å². The molecule has 0 radical (unpaired) electrons. The maximum atomic E-state index is 13.3. The monoisotopic (exact) mass is 414 g/mol. The summed E-state index contributed by atoms with van der Waals surface area (Å²) >= 11 is 0. The highest BCUT2D eigenvalue weighted by Crippen LogP contribution is 2.34. The molecule has 1 N–H and O–H groups in total. The van der Waals surface area contributed by atoms with Crippen LogP contribution in [0.25, 0.3) is 5.57 Å². The minimum atomic E-state index is -4.80. The van der Waals surface area contributed by atoms with E-state index in [4.69, 9.17) is 5.26 Å². The Morgan fingerprint density at radius 2 is 1.72 bits per heavy atom. The number of nitrogens with zero attached hydrogens (tertiary/aromatic N) is 1. The number of ether oxygens (including phenoxy) is 1. The number of alkyl halides is 6. The van der Waals surface area contributed by atoms with Gasteiger partial charge in [0.25, 0.3) is 0 Å². The minimum Gasteiger partial charge on any atom is -0.483 e. The van der Waals surface area contributed by atoms with Gasteiger partial charge in [-0.15, -0.1) is 0 Å². The molecular weight excluding hydrogens is 402 g/mol. The van der Waals surface area contributed by atoms with Gasteiger partial charge in [-0.25, -0.2) is 0 Å². The van der Waals surface area contributed by atoms with Crippen LogP contribution in [0.15, 0.2) is 54.6 Å². The third kappa shape index (κ3) is 6.57. The molecule has 2 rings (SSSR count). The normalized spacial score (nSPS) is 12.2. The second kappa shape index (κ2) is 8.68. The first-order valence-corrected chi connectivity index (χ1v) is 7.88. The van der Waals surface area contributed by atoms with Crippen molar-refractivity contribution in [2.24, 2.45) is 0 Å². The van der Waals surface area contributed by atoms with Crippen molar-refractivity contribution in [2.45, 2.75) is 12.4 Å². The van der Waals surface area contributed by atoms with Crippen LogP contribution in [-0.4, -0.2) is 24.9 Å². The number of allylic oxidation sites excluding steroid dienone is 1. The Balaban J connectivity index is 2.23. The predicted molar refractivity (Wildman–Crippen MR) is 91.8 cm³/mol. The van der Waals surface area contributed by atoms with Crippen molar-refractivity contribution in [3.8, 4) is 11.8 Å². The summed E-state index contributed by atoms with van der Waals surface area (Å²) in [7, 11) is 0. The van der Waals surface area contributed by atoms with E-state index in [1.165, 1.54) is 30.3 Å². The molecule has 0 aliphatic rings. The van der Waals surface area contributed by atoms with Crippen molar-refractivity contribution in [2.75, 3.05) is 11.9 Å². The molecule has 4 nitrogen and oxygen atoms in total. The lowest BCUT2D eigenvalue weighted by molar-refractivity contribution is -0.153. The standard InChI is InChI=1S/C19H12F6N2O2/c20-18(21,22)11-29-16-7-6-14(8-13(16)10-26)27-17(28)9-15(19(23,24)25)12-4-2-1-3-5-12/h1-9H,11H2,(H,27,28)/b15-9-. The Morgan fingerprint density at radius 1 is 1.07 bits per heavy atom. The van der Waals surface area contributed by atoms with Crippen LogP contribution in [0.2, 0.25) is 0 Å². The van der Waals surface area contributed by atoms with E-state index in [2.05, 4.69) is 10.1 Å². The number of amides is 1. The Bertz CT molecular complexity index is 944. The summed E-state index contributed by atoms with van der Waals surface area (Å²) in [5.41, 5.74) is -1.81. The number of benzene rings is 2. The summed E-state index contributed by atoms with van der Waals surface area (Å²) in [6.07, 6.45) is -9.06. The molecule has 0 saturated carbocycles. The Morgan fingerprint density at radius 3 is 2.28 bits per heavy atom. The number of hydrogen-bond donors (Lipinski definition) is 1. The van der Waals surface area contributed by atoms with Gasteiger partial charge in [-0.1, -0.05) is 30.3 Å². The lowest BCUT2D eigenvalue weighted by atomic mass is 10.1. The molecule has 2 aromatic carbocycles. The van der Waals surface area contributed by atoms with Gasteiger partial charge >= 0.3 is 12.4 Å². The van der Waals surface area contributed by atoms with Gasteiger partial charge in [0.05, 0.1) is 11.1 Å². The zero-order chi connectivity index (χ0) is 21.7. The maximum Gasteiger partial charge on any atom is 0.422 e. The van der Waals surface area contributed by atoms with Gasteiger partial charge in [0.15, 0.2) is 6.61 Å². The van der Waals surface area contributed by atoms with Gasteiger partial charge in [0.1, 0.15) is 11.8 Å². The van der Waals surface area contributed by atoms with Gasteiger partial charge in [-0.3, -0.25) is 4.79 Å². The molecule has 0 atom stereocenters. The summed E-state index contributed by atoms with van der Waals surface area (Å²) in [6.45, 7) is -1.62. The molecule has 0 saturated heterocycles. The first kappa shape index (κ1) is 21.8. The van der Waals surface area contributed by atoms with Crippen molar-refractivity contribution in [1.29, 1.82) is 5.26 Å². The van der Waals surface area contributed by atoms with Crippen LogP contribution in [0.5, 0.6) is 5.75 Å². The molecule has 0 aliphatic carbocycles. The number of nitriles is 1. The number of anilines is 1. The topological polar surface area (TPSA) is 62.1 Å². The SMILES string of the molecule is N#Cc1cc(NC(=O)/C=C(/c2ccccc2)C(F)(F)F)ccc1OCC(F)(F)F. The fourth-order valence-electron chi connectivity index (χ4n) is 2.24. The number of carbonyl (C=O) groups is 1. The molecule has 0 unspecified atom stereocenters. The largest absolute Gasteiger partial charge is 0.483 e. The van der Waals surface area contributed by atoms with Crippen LogP contribution in [0.4, 0.5) is 32.0 Å². The average molecular weight is 414 g/mol. The van der Waals surface area contributed by atoms with E-state index >= 15 is 0 Å². The number of hydrogen-bond acceptors (Lipinski definition) is 3. The van der Waals surface area contributed by atoms with E-state index in [0.717, 1.165) is 18.2 Å². The lowest BCUT2D eigenvalue weighted by Gasteiger charge is -2.13. The van der Waals surface area contributed by atoms with Crippen LogP contribution < -0.4 is 10.1 Å². The van der Waals surface area contributed by atoms with Crippen molar-refractivity contribution < 1.29 is 35.9 Å². The summed E-state index contributed by atoms with van der Waals surface area (Å²) in [5, 5.41) is 11.2. The molecule has 0 aliphatic heterocycles. The number of carbonyl (C=O) groups excluding carboxylic acids is 1. The highest BCUT2D eigenvalue weighted by Gasteiger charge is 2.35. The molecule has 10 heteroatoms. The number of rotatable bonds is 5. The van der Waals surface area contributed by atoms with Gasteiger partial charge in [-0.05, 0) is 23.8 Å². The number of nitrogens with one attached hydrogen (secondary N) is 1. The molecular formula is C19H12F6N2O2. The fourth-order valence-corrected chi connectivity index (χ4v) is 2.24. The van der Waals surface area contributed by atoms with Crippen molar-refractivity contribution in [3.63, 3.8) is 0 Å². The highest BCUT2D eigenvalue weighted by molar-refractivity contribution is 6.04. The molecule has 29 heavy (non-hydrogen) atoms. The van der Waals surface area contributed by atoms with E-state index < -0.39 is 30.4 Å². The van der Waals surface area contributed by atoms with Crippen LogP contribution in [0.1, 0.15) is 11.1 Å². The van der Waals surface area contributed by atoms with E-state index in [-0.39, 0.29) is 22.6 Å². The fraction of sp³-hybridized carbons (Fsp3) is 0.158. The molecule has 0 spiro atoms. The van der Waals surface area contributed by atoms with Gasteiger partial charge in [0, 0.05) is 11.8 Å². The van der Waals surface area contributed by atoms with E-state index in [1.807, 2.05) is 0 Å². The molecule has 152 valence electrons. The second-order valence-electron chi connectivity index (χ2n) is 5.64. The first-order chi connectivity index (χ1) is 13.5. The third-order valence-electron chi connectivity index (χ3n) is 3.42. The van der Waals surface area contributed by atoms with E-state index in [9.17, 15) is 31.1 Å². The Hall–Kier alpha value is -3.48.